The summed E-state index contributed by atoms with van der Waals surface area (Å²) in [5.41, 5.74) is 0.101. The Labute approximate surface area is 90.1 Å². The Kier molecular flexibility index (Phi) is 3.88. The van der Waals surface area contributed by atoms with Crippen LogP contribution in [0.25, 0.3) is 0 Å². The molecule has 4 heteroatoms. The fourth-order valence-electron chi connectivity index (χ4n) is 1.70. The van der Waals surface area contributed by atoms with Gasteiger partial charge in [0.25, 0.3) is 5.91 Å². The van der Waals surface area contributed by atoms with E-state index in [1.165, 1.54) is 6.92 Å². The molecule has 0 aromatic heterocycles. The zero-order valence-corrected chi connectivity index (χ0v) is 9.29. The van der Waals surface area contributed by atoms with Crippen LogP contribution < -0.4 is 0 Å². The van der Waals surface area contributed by atoms with E-state index in [1.807, 2.05) is 0 Å². The lowest BCUT2D eigenvalue weighted by molar-refractivity contribution is -0.128. The first-order valence-corrected chi connectivity index (χ1v) is 5.25. The first kappa shape index (κ1) is 11.8. The van der Waals surface area contributed by atoms with Crippen molar-refractivity contribution < 1.29 is 9.90 Å². The van der Waals surface area contributed by atoms with Crippen LogP contribution in [0.2, 0.25) is 0 Å². The summed E-state index contributed by atoms with van der Waals surface area (Å²) in [6, 6.07) is 0. The van der Waals surface area contributed by atoms with Crippen molar-refractivity contribution in [3.63, 3.8) is 0 Å². The summed E-state index contributed by atoms with van der Waals surface area (Å²) >= 11 is 0. The molecule has 84 valence electrons. The number of aliphatic hydroxyl groups excluding tert-OH is 1. The molecule has 0 bridgehead atoms. The van der Waals surface area contributed by atoms with Crippen molar-refractivity contribution in [2.24, 2.45) is 5.92 Å². The highest BCUT2D eigenvalue weighted by molar-refractivity contribution is 6.11. The minimum absolute atomic E-state index is 0.0754. The summed E-state index contributed by atoms with van der Waals surface area (Å²) in [5, 5.41) is 16.3. The number of amides is 1. The lowest BCUT2D eigenvalue weighted by Gasteiger charge is -2.30. The van der Waals surface area contributed by atoms with Crippen LogP contribution in [0.3, 0.4) is 0 Å². The largest absolute Gasteiger partial charge is 0.512 e. The highest BCUT2D eigenvalue weighted by atomic mass is 16.3. The van der Waals surface area contributed by atoms with E-state index in [-0.39, 0.29) is 17.2 Å². The third kappa shape index (κ3) is 2.81. The smallest absolute Gasteiger partial charge is 0.258 e. The molecule has 1 heterocycles. The minimum Gasteiger partial charge on any atom is -0.512 e. The van der Waals surface area contributed by atoms with E-state index in [1.54, 1.807) is 4.90 Å². The predicted octanol–water partition coefficient (Wildman–Crippen LogP) is 1.73. The van der Waals surface area contributed by atoms with E-state index in [9.17, 15) is 9.90 Å². The summed E-state index contributed by atoms with van der Waals surface area (Å²) in [6.45, 7) is 5.06. The standard InChI is InChI=1S/C11H18N2O2/c1-8-3-5-13(6-4-8)11(15)10(7-12)9(2)14/h7-8,12,14H,3-6H2,1-2H3/b10-9+,12-7?. The van der Waals surface area contributed by atoms with E-state index in [4.69, 9.17) is 5.41 Å². The zero-order chi connectivity index (χ0) is 11.4. The molecule has 15 heavy (non-hydrogen) atoms. The van der Waals surface area contributed by atoms with Crippen LogP contribution in [0.5, 0.6) is 0 Å². The number of hydrogen-bond donors (Lipinski definition) is 2. The monoisotopic (exact) mass is 210 g/mol. The number of piperidine rings is 1. The third-order valence-corrected chi connectivity index (χ3v) is 2.84. The Morgan fingerprint density at radius 1 is 1.47 bits per heavy atom. The number of carbonyl (C=O) groups is 1. The van der Waals surface area contributed by atoms with Gasteiger partial charge in [-0.15, -0.1) is 0 Å². The third-order valence-electron chi connectivity index (χ3n) is 2.84. The van der Waals surface area contributed by atoms with Gasteiger partial charge in [0.2, 0.25) is 0 Å². The Balaban J connectivity index is 2.69. The Morgan fingerprint density at radius 3 is 2.40 bits per heavy atom. The van der Waals surface area contributed by atoms with Gasteiger partial charge in [0.15, 0.2) is 0 Å². The van der Waals surface area contributed by atoms with Crippen LogP contribution in [0.15, 0.2) is 11.3 Å². The SMILES string of the molecule is C/C(O)=C(/C=N)C(=O)N1CCC(C)CC1. The van der Waals surface area contributed by atoms with Gasteiger partial charge in [-0.2, -0.15) is 0 Å². The number of rotatable bonds is 2. The number of likely N-dealkylation sites (tertiary alicyclic amines) is 1. The number of aliphatic hydroxyl groups is 1. The number of allylic oxidation sites excluding steroid dienone is 1. The van der Waals surface area contributed by atoms with Crippen LogP contribution in [0, 0.1) is 11.3 Å². The number of carbonyl (C=O) groups excluding carboxylic acids is 1. The molecule has 0 radical (unpaired) electrons. The maximum Gasteiger partial charge on any atom is 0.258 e. The maximum absolute atomic E-state index is 11.8. The van der Waals surface area contributed by atoms with Crippen LogP contribution in [-0.2, 0) is 4.79 Å². The van der Waals surface area contributed by atoms with E-state index < -0.39 is 0 Å². The molecule has 1 saturated heterocycles. The van der Waals surface area contributed by atoms with Gasteiger partial charge in [-0.1, -0.05) is 6.92 Å². The van der Waals surface area contributed by atoms with Gasteiger partial charge >= 0.3 is 0 Å². The van der Waals surface area contributed by atoms with Crippen molar-refractivity contribution in [3.05, 3.63) is 11.3 Å². The van der Waals surface area contributed by atoms with Gasteiger partial charge in [0.05, 0.1) is 5.57 Å². The van der Waals surface area contributed by atoms with Gasteiger partial charge in [0.1, 0.15) is 5.76 Å². The lowest BCUT2D eigenvalue weighted by atomic mass is 9.98. The second-order valence-corrected chi connectivity index (χ2v) is 4.12. The zero-order valence-electron chi connectivity index (χ0n) is 9.29. The average Bonchev–Trinajstić information content (AvgIpc) is 2.19. The predicted molar refractivity (Wildman–Crippen MR) is 59.1 cm³/mol. The molecule has 0 aliphatic carbocycles. The Hall–Kier alpha value is -1.32. The number of nitrogens with zero attached hydrogens (tertiary/aromatic N) is 1. The fraction of sp³-hybridized carbons (Fsp3) is 0.636. The van der Waals surface area contributed by atoms with Crippen LogP contribution in [0.4, 0.5) is 0 Å². The normalized spacial score (nSPS) is 19.7. The van der Waals surface area contributed by atoms with Crippen LogP contribution in [-0.4, -0.2) is 35.2 Å². The van der Waals surface area contributed by atoms with Crippen molar-refractivity contribution >= 4 is 12.1 Å². The fourth-order valence-corrected chi connectivity index (χ4v) is 1.70. The average molecular weight is 210 g/mol. The quantitative estimate of drug-likeness (QED) is 0.414. The highest BCUT2D eigenvalue weighted by Gasteiger charge is 2.23. The summed E-state index contributed by atoms with van der Waals surface area (Å²) in [4.78, 5) is 13.5. The molecular formula is C11H18N2O2. The Morgan fingerprint density at radius 2 is 2.00 bits per heavy atom. The van der Waals surface area contributed by atoms with Gasteiger partial charge in [-0.05, 0) is 25.7 Å². The van der Waals surface area contributed by atoms with Crippen LogP contribution in [0.1, 0.15) is 26.7 Å². The molecule has 1 aliphatic rings. The lowest BCUT2D eigenvalue weighted by Crippen LogP contribution is -2.39. The number of hydrogen-bond acceptors (Lipinski definition) is 3. The van der Waals surface area contributed by atoms with Crippen molar-refractivity contribution in [2.75, 3.05) is 13.1 Å². The van der Waals surface area contributed by atoms with Crippen molar-refractivity contribution in [1.29, 1.82) is 5.41 Å². The molecule has 0 aromatic rings. The number of nitrogens with one attached hydrogen (secondary N) is 1. The molecule has 1 aliphatic heterocycles. The summed E-state index contributed by atoms with van der Waals surface area (Å²) in [7, 11) is 0. The van der Waals surface area contributed by atoms with Crippen molar-refractivity contribution in [3.8, 4) is 0 Å². The molecule has 0 atom stereocenters. The molecule has 1 amide bonds. The summed E-state index contributed by atoms with van der Waals surface area (Å²) in [6.07, 6.45) is 2.93. The first-order chi connectivity index (χ1) is 7.06. The molecule has 0 unspecified atom stereocenters. The second-order valence-electron chi connectivity index (χ2n) is 4.12. The maximum atomic E-state index is 11.8. The van der Waals surface area contributed by atoms with Crippen LogP contribution >= 0.6 is 0 Å². The molecular weight excluding hydrogens is 192 g/mol. The van der Waals surface area contributed by atoms with E-state index in [2.05, 4.69) is 6.92 Å². The Bertz CT molecular complexity index is 285. The molecule has 0 spiro atoms. The second kappa shape index (κ2) is 4.96. The van der Waals surface area contributed by atoms with Gasteiger partial charge in [0, 0.05) is 19.3 Å². The summed E-state index contributed by atoms with van der Waals surface area (Å²) in [5.74, 6) is 0.363. The topological polar surface area (TPSA) is 64.4 Å². The molecule has 4 nitrogen and oxygen atoms in total. The van der Waals surface area contributed by atoms with Gasteiger partial charge < -0.3 is 15.4 Å². The molecule has 1 fully saturated rings. The van der Waals surface area contributed by atoms with E-state index >= 15 is 0 Å². The molecule has 0 aromatic carbocycles. The molecule has 1 rings (SSSR count). The summed E-state index contributed by atoms with van der Waals surface area (Å²) < 4.78 is 0. The minimum atomic E-state index is -0.225. The first-order valence-electron chi connectivity index (χ1n) is 5.25. The van der Waals surface area contributed by atoms with Crippen molar-refractivity contribution in [2.45, 2.75) is 26.7 Å². The van der Waals surface area contributed by atoms with Crippen molar-refractivity contribution in [1.82, 2.24) is 4.90 Å². The molecule has 2 N–H and O–H groups in total. The van der Waals surface area contributed by atoms with Gasteiger partial charge in [-0.3, -0.25) is 4.79 Å². The van der Waals surface area contributed by atoms with E-state index in [0.717, 1.165) is 32.1 Å². The van der Waals surface area contributed by atoms with E-state index in [0.29, 0.717) is 5.92 Å². The van der Waals surface area contributed by atoms with Gasteiger partial charge in [-0.25, -0.2) is 0 Å². The molecule has 0 saturated carbocycles. The highest BCUT2D eigenvalue weighted by Crippen LogP contribution is 2.17.